The third kappa shape index (κ3) is 3.00. The summed E-state index contributed by atoms with van der Waals surface area (Å²) in [5.74, 6) is 0.0443. The zero-order chi connectivity index (χ0) is 12.1. The highest BCUT2D eigenvalue weighted by atomic mass is 16.2. The number of hydrogen-bond donors (Lipinski definition) is 2. The van der Waals surface area contributed by atoms with Crippen LogP contribution in [-0.2, 0) is 11.3 Å². The van der Waals surface area contributed by atoms with Crippen molar-refractivity contribution in [3.8, 4) is 0 Å². The second-order valence-corrected chi connectivity index (χ2v) is 4.61. The Morgan fingerprint density at radius 2 is 2.47 bits per heavy atom. The van der Waals surface area contributed by atoms with Crippen molar-refractivity contribution in [2.75, 3.05) is 6.54 Å². The van der Waals surface area contributed by atoms with E-state index in [-0.39, 0.29) is 5.91 Å². The van der Waals surface area contributed by atoms with Crippen LogP contribution in [0, 0.1) is 0 Å². The summed E-state index contributed by atoms with van der Waals surface area (Å²) in [6, 6.07) is 3.67. The normalized spacial score (nSPS) is 24.3. The second-order valence-electron chi connectivity index (χ2n) is 4.61. The average Bonchev–Trinajstić information content (AvgIpc) is 2.38. The van der Waals surface area contributed by atoms with Gasteiger partial charge in [-0.05, 0) is 44.9 Å². The van der Waals surface area contributed by atoms with E-state index in [9.17, 15) is 4.79 Å². The van der Waals surface area contributed by atoms with Crippen LogP contribution >= 0.6 is 0 Å². The highest BCUT2D eigenvalue weighted by Gasteiger charge is 2.33. The number of piperidine rings is 1. The van der Waals surface area contributed by atoms with E-state index in [4.69, 9.17) is 0 Å². The Kier molecular flexibility index (Phi) is 3.68. The van der Waals surface area contributed by atoms with Gasteiger partial charge < -0.3 is 10.6 Å². The van der Waals surface area contributed by atoms with Gasteiger partial charge in [-0.15, -0.1) is 0 Å². The fraction of sp³-hybridized carbons (Fsp3) is 0.583. The van der Waals surface area contributed by atoms with Crippen molar-refractivity contribution >= 4 is 5.91 Å². The van der Waals surface area contributed by atoms with Gasteiger partial charge in [0.25, 0.3) is 0 Å². The summed E-state index contributed by atoms with van der Waals surface area (Å²) < 4.78 is 0. The molecule has 0 saturated carbocycles. The molecule has 1 amide bonds. The Hall–Kier alpha value is -1.49. The lowest BCUT2D eigenvalue weighted by Crippen LogP contribution is -2.56. The smallest absolute Gasteiger partial charge is 0.240 e. The van der Waals surface area contributed by atoms with E-state index in [1.807, 2.05) is 19.1 Å². The third-order valence-corrected chi connectivity index (χ3v) is 3.18. The highest BCUT2D eigenvalue weighted by Crippen LogP contribution is 2.18. The minimum atomic E-state index is -0.430. The highest BCUT2D eigenvalue weighted by molar-refractivity contribution is 5.85. The molecule has 0 spiro atoms. The molecule has 2 N–H and O–H groups in total. The largest absolute Gasteiger partial charge is 0.349 e. The molecular weight excluding hydrogens is 216 g/mol. The molecule has 5 nitrogen and oxygen atoms in total. The van der Waals surface area contributed by atoms with E-state index in [1.165, 1.54) is 0 Å². The molecule has 0 aliphatic carbocycles. The van der Waals surface area contributed by atoms with E-state index in [0.717, 1.165) is 31.5 Å². The van der Waals surface area contributed by atoms with Crippen LogP contribution in [0.4, 0.5) is 0 Å². The third-order valence-electron chi connectivity index (χ3n) is 3.18. The number of aromatic nitrogens is 2. The van der Waals surface area contributed by atoms with Crippen LogP contribution in [0.15, 0.2) is 18.3 Å². The summed E-state index contributed by atoms with van der Waals surface area (Å²) in [4.78, 5) is 12.1. The van der Waals surface area contributed by atoms with Crippen LogP contribution in [0.5, 0.6) is 0 Å². The maximum absolute atomic E-state index is 12.1. The van der Waals surface area contributed by atoms with Crippen molar-refractivity contribution in [2.45, 2.75) is 38.3 Å². The van der Waals surface area contributed by atoms with Crippen molar-refractivity contribution in [3.05, 3.63) is 24.0 Å². The monoisotopic (exact) mass is 234 g/mol. The average molecular weight is 234 g/mol. The number of rotatable bonds is 3. The predicted molar refractivity (Wildman–Crippen MR) is 64.1 cm³/mol. The lowest BCUT2D eigenvalue weighted by molar-refractivity contribution is -0.128. The number of nitrogens with one attached hydrogen (secondary N) is 2. The maximum Gasteiger partial charge on any atom is 0.240 e. The van der Waals surface area contributed by atoms with Gasteiger partial charge in [-0.1, -0.05) is 0 Å². The maximum atomic E-state index is 12.1. The zero-order valence-electron chi connectivity index (χ0n) is 10.1. The predicted octanol–water partition coefficient (Wildman–Crippen LogP) is 0.625. The molecular formula is C12H18N4O. The Morgan fingerprint density at radius 3 is 3.12 bits per heavy atom. The van der Waals surface area contributed by atoms with Gasteiger partial charge in [0.1, 0.15) is 0 Å². The van der Waals surface area contributed by atoms with Crippen molar-refractivity contribution in [1.29, 1.82) is 0 Å². The molecule has 1 fully saturated rings. The first-order valence-corrected chi connectivity index (χ1v) is 6.01. The summed E-state index contributed by atoms with van der Waals surface area (Å²) in [7, 11) is 0. The molecule has 92 valence electrons. The lowest BCUT2D eigenvalue weighted by Gasteiger charge is -2.33. The number of carbonyl (C=O) groups excluding carboxylic acids is 1. The molecule has 1 atom stereocenters. The minimum Gasteiger partial charge on any atom is -0.349 e. The molecule has 1 unspecified atom stereocenters. The summed E-state index contributed by atoms with van der Waals surface area (Å²) >= 11 is 0. The van der Waals surface area contributed by atoms with E-state index < -0.39 is 5.54 Å². The zero-order valence-corrected chi connectivity index (χ0v) is 10.1. The van der Waals surface area contributed by atoms with Gasteiger partial charge >= 0.3 is 0 Å². The summed E-state index contributed by atoms with van der Waals surface area (Å²) in [5.41, 5.74) is 0.348. The summed E-state index contributed by atoms with van der Waals surface area (Å²) in [6.07, 6.45) is 4.75. The van der Waals surface area contributed by atoms with Crippen LogP contribution < -0.4 is 10.6 Å². The van der Waals surface area contributed by atoms with Crippen molar-refractivity contribution in [3.63, 3.8) is 0 Å². The fourth-order valence-electron chi connectivity index (χ4n) is 2.04. The molecule has 1 aliphatic rings. The lowest BCUT2D eigenvalue weighted by atomic mass is 9.90. The number of carbonyl (C=O) groups is 1. The Bertz CT molecular complexity index is 373. The van der Waals surface area contributed by atoms with Gasteiger partial charge in [0, 0.05) is 6.20 Å². The van der Waals surface area contributed by atoms with Crippen molar-refractivity contribution in [2.24, 2.45) is 0 Å². The fourth-order valence-corrected chi connectivity index (χ4v) is 2.04. The first-order chi connectivity index (χ1) is 8.21. The molecule has 2 heterocycles. The summed E-state index contributed by atoms with van der Waals surface area (Å²) in [5, 5.41) is 13.9. The van der Waals surface area contributed by atoms with Gasteiger partial charge in [0.15, 0.2) is 0 Å². The molecule has 17 heavy (non-hydrogen) atoms. The second kappa shape index (κ2) is 5.23. The van der Waals surface area contributed by atoms with Gasteiger partial charge in [0.2, 0.25) is 5.91 Å². The molecule has 0 bridgehead atoms. The van der Waals surface area contributed by atoms with E-state index in [2.05, 4.69) is 20.8 Å². The van der Waals surface area contributed by atoms with Crippen molar-refractivity contribution < 1.29 is 4.79 Å². The van der Waals surface area contributed by atoms with E-state index >= 15 is 0 Å². The van der Waals surface area contributed by atoms with E-state index in [0.29, 0.717) is 6.54 Å². The molecule has 0 radical (unpaired) electrons. The van der Waals surface area contributed by atoms with Gasteiger partial charge in [-0.2, -0.15) is 10.2 Å². The van der Waals surface area contributed by atoms with Crippen LogP contribution in [0.3, 0.4) is 0 Å². The van der Waals surface area contributed by atoms with Crippen LogP contribution in [0.2, 0.25) is 0 Å². The number of nitrogens with zero attached hydrogens (tertiary/aromatic N) is 2. The quantitative estimate of drug-likeness (QED) is 0.805. The molecule has 2 rings (SSSR count). The molecule has 5 heteroatoms. The molecule has 0 aromatic carbocycles. The van der Waals surface area contributed by atoms with Crippen LogP contribution in [0.1, 0.15) is 31.9 Å². The molecule has 1 aromatic heterocycles. The number of hydrogen-bond acceptors (Lipinski definition) is 4. The first-order valence-electron chi connectivity index (χ1n) is 6.01. The SMILES string of the molecule is CC1(C(=O)NCc2cccnn2)CCCCN1. The van der Waals surface area contributed by atoms with Gasteiger partial charge in [0.05, 0.1) is 17.8 Å². The van der Waals surface area contributed by atoms with E-state index in [1.54, 1.807) is 6.20 Å². The Labute approximate surface area is 101 Å². The van der Waals surface area contributed by atoms with Gasteiger partial charge in [-0.25, -0.2) is 0 Å². The first kappa shape index (κ1) is 12.0. The molecule has 1 saturated heterocycles. The topological polar surface area (TPSA) is 66.9 Å². The Balaban J connectivity index is 1.88. The number of amides is 1. The van der Waals surface area contributed by atoms with Crippen LogP contribution in [-0.4, -0.2) is 28.2 Å². The molecule has 1 aromatic rings. The van der Waals surface area contributed by atoms with Gasteiger partial charge in [-0.3, -0.25) is 4.79 Å². The Morgan fingerprint density at radius 1 is 1.59 bits per heavy atom. The standard InChI is InChI=1S/C12H18N4O/c1-12(6-2-3-7-14-12)11(17)13-9-10-5-4-8-15-16-10/h4-5,8,14H,2-3,6-7,9H2,1H3,(H,13,17). The summed E-state index contributed by atoms with van der Waals surface area (Å²) in [6.45, 7) is 3.30. The minimum absolute atomic E-state index is 0.0443. The molecule has 1 aliphatic heterocycles. The van der Waals surface area contributed by atoms with Crippen LogP contribution in [0.25, 0.3) is 0 Å². The van der Waals surface area contributed by atoms with Crippen molar-refractivity contribution in [1.82, 2.24) is 20.8 Å².